The minimum atomic E-state index is -1.04. The van der Waals surface area contributed by atoms with Crippen LogP contribution in [0.4, 0.5) is 5.95 Å². The van der Waals surface area contributed by atoms with Gasteiger partial charge in [0.25, 0.3) is 0 Å². The number of fused-ring (bicyclic) bond motifs is 3. The van der Waals surface area contributed by atoms with Crippen molar-refractivity contribution in [2.24, 2.45) is 5.92 Å². The maximum atomic E-state index is 14.0. The van der Waals surface area contributed by atoms with Gasteiger partial charge in [0.05, 0.1) is 30.8 Å². The minimum absolute atomic E-state index is 0.194. The maximum Gasteiger partial charge on any atom is 0.321 e. The molecule has 1 aliphatic rings. The first-order valence-electron chi connectivity index (χ1n) is 11.7. The Morgan fingerprint density at radius 3 is 2.40 bits per heavy atom. The van der Waals surface area contributed by atoms with Crippen molar-refractivity contribution in [1.82, 2.24) is 9.55 Å². The number of hydrogen-bond acceptors (Lipinski definition) is 5. The summed E-state index contributed by atoms with van der Waals surface area (Å²) in [5, 5.41) is 0. The molecule has 0 aliphatic carbocycles. The van der Waals surface area contributed by atoms with Crippen molar-refractivity contribution in [3.63, 3.8) is 0 Å². The predicted octanol–water partition coefficient (Wildman–Crippen LogP) is 4.40. The SMILES string of the molecule is CCOC(=O)[C@H]1C(=O)N(CCc2ccccc2)c2nc3ccccc3n2[C@H]1c1ccc(OC)cc1. The first-order valence-corrected chi connectivity index (χ1v) is 11.7. The number of rotatable bonds is 7. The molecule has 0 fully saturated rings. The van der Waals surface area contributed by atoms with Gasteiger partial charge in [0, 0.05) is 6.54 Å². The zero-order chi connectivity index (χ0) is 24.4. The van der Waals surface area contributed by atoms with Crippen LogP contribution in [0, 0.1) is 5.92 Å². The molecule has 0 bridgehead atoms. The Morgan fingerprint density at radius 2 is 1.69 bits per heavy atom. The zero-order valence-electron chi connectivity index (χ0n) is 19.8. The number of amides is 1. The van der Waals surface area contributed by atoms with Crippen molar-refractivity contribution in [2.75, 3.05) is 25.2 Å². The first-order chi connectivity index (χ1) is 17.1. The lowest BCUT2D eigenvalue weighted by Crippen LogP contribution is -2.50. The second-order valence-corrected chi connectivity index (χ2v) is 8.44. The number of esters is 1. The van der Waals surface area contributed by atoms with Gasteiger partial charge in [-0.3, -0.25) is 14.5 Å². The van der Waals surface area contributed by atoms with E-state index in [1.54, 1.807) is 18.9 Å². The third kappa shape index (κ3) is 4.14. The molecule has 0 saturated carbocycles. The summed E-state index contributed by atoms with van der Waals surface area (Å²) in [6, 6.07) is 24.6. The molecule has 2 heterocycles. The third-order valence-corrected chi connectivity index (χ3v) is 6.41. The van der Waals surface area contributed by atoms with Gasteiger partial charge >= 0.3 is 5.97 Å². The van der Waals surface area contributed by atoms with Crippen LogP contribution >= 0.6 is 0 Å². The van der Waals surface area contributed by atoms with Gasteiger partial charge in [-0.15, -0.1) is 0 Å². The number of aromatic nitrogens is 2. The van der Waals surface area contributed by atoms with Crippen molar-refractivity contribution >= 4 is 28.9 Å². The van der Waals surface area contributed by atoms with Crippen molar-refractivity contribution in [3.8, 4) is 5.75 Å². The van der Waals surface area contributed by atoms with Gasteiger partial charge in [-0.25, -0.2) is 4.98 Å². The maximum absolute atomic E-state index is 14.0. The molecule has 5 rings (SSSR count). The Morgan fingerprint density at radius 1 is 0.971 bits per heavy atom. The summed E-state index contributed by atoms with van der Waals surface area (Å²) in [6.07, 6.45) is 0.637. The van der Waals surface area contributed by atoms with E-state index < -0.39 is 17.9 Å². The summed E-state index contributed by atoms with van der Waals surface area (Å²) < 4.78 is 12.7. The lowest BCUT2D eigenvalue weighted by Gasteiger charge is -2.38. The highest BCUT2D eigenvalue weighted by atomic mass is 16.5. The van der Waals surface area contributed by atoms with E-state index >= 15 is 0 Å². The van der Waals surface area contributed by atoms with Crippen molar-refractivity contribution in [3.05, 3.63) is 90.0 Å². The molecule has 2 atom stereocenters. The van der Waals surface area contributed by atoms with E-state index in [4.69, 9.17) is 14.5 Å². The second kappa shape index (κ2) is 9.62. The van der Waals surface area contributed by atoms with Crippen LogP contribution in [-0.2, 0) is 20.7 Å². The van der Waals surface area contributed by atoms with E-state index in [0.717, 1.165) is 22.2 Å². The monoisotopic (exact) mass is 469 g/mol. The van der Waals surface area contributed by atoms with Gasteiger partial charge < -0.3 is 14.0 Å². The number of anilines is 1. The number of ether oxygens (including phenoxy) is 2. The highest BCUT2D eigenvalue weighted by molar-refractivity contribution is 6.08. The van der Waals surface area contributed by atoms with E-state index in [2.05, 4.69) is 0 Å². The van der Waals surface area contributed by atoms with Crippen LogP contribution in [0.1, 0.15) is 24.1 Å². The number of imidazole rings is 1. The Kier molecular flexibility index (Phi) is 6.23. The molecule has 7 nitrogen and oxygen atoms in total. The number of carbonyl (C=O) groups excluding carboxylic acids is 2. The number of benzene rings is 3. The molecule has 7 heteroatoms. The molecule has 35 heavy (non-hydrogen) atoms. The van der Waals surface area contributed by atoms with Crippen molar-refractivity contribution in [1.29, 1.82) is 0 Å². The first kappa shape index (κ1) is 22.7. The van der Waals surface area contributed by atoms with Crippen molar-refractivity contribution < 1.29 is 19.1 Å². The molecule has 0 unspecified atom stereocenters. The van der Waals surface area contributed by atoms with Gasteiger partial charge in [-0.1, -0.05) is 54.6 Å². The van der Waals surface area contributed by atoms with Crippen LogP contribution in [0.5, 0.6) is 5.75 Å². The van der Waals surface area contributed by atoms with Crippen LogP contribution < -0.4 is 9.64 Å². The molecule has 3 aromatic carbocycles. The lowest BCUT2D eigenvalue weighted by molar-refractivity contribution is -0.153. The van der Waals surface area contributed by atoms with E-state index in [0.29, 0.717) is 24.7 Å². The normalized spacial score (nSPS) is 17.3. The fourth-order valence-corrected chi connectivity index (χ4v) is 4.75. The standard InChI is InChI=1S/C28H27N3O4/c1-3-35-27(33)24-25(20-13-15-21(34-2)16-14-20)31-23-12-8-7-11-22(23)29-28(31)30(26(24)32)18-17-19-9-5-4-6-10-19/h4-16,24-25H,3,17-18H2,1-2H3/t24-,25+/m1/s1. The summed E-state index contributed by atoms with van der Waals surface area (Å²) in [5.74, 6) is -0.643. The number of nitrogens with zero attached hydrogens (tertiary/aromatic N) is 3. The Labute approximate surface area is 203 Å². The average molecular weight is 470 g/mol. The van der Waals surface area contributed by atoms with Crippen LogP contribution in [0.15, 0.2) is 78.9 Å². The highest BCUT2D eigenvalue weighted by Crippen LogP contribution is 2.41. The summed E-state index contributed by atoms with van der Waals surface area (Å²) in [5.41, 5.74) is 3.54. The number of methoxy groups -OCH3 is 1. The molecule has 1 aliphatic heterocycles. The topological polar surface area (TPSA) is 73.7 Å². The molecular weight excluding hydrogens is 442 g/mol. The fraction of sp³-hybridized carbons (Fsp3) is 0.250. The molecule has 178 valence electrons. The predicted molar refractivity (Wildman–Crippen MR) is 133 cm³/mol. The Bertz CT molecular complexity index is 1350. The number of carbonyl (C=O) groups is 2. The summed E-state index contributed by atoms with van der Waals surface area (Å²) >= 11 is 0. The van der Waals surface area contributed by atoms with Gasteiger partial charge in [0.15, 0.2) is 5.92 Å². The van der Waals surface area contributed by atoms with E-state index in [9.17, 15) is 9.59 Å². The Balaban J connectivity index is 1.67. The minimum Gasteiger partial charge on any atom is -0.497 e. The summed E-state index contributed by atoms with van der Waals surface area (Å²) in [7, 11) is 1.60. The number of hydrogen-bond donors (Lipinski definition) is 0. The second-order valence-electron chi connectivity index (χ2n) is 8.44. The quantitative estimate of drug-likeness (QED) is 0.296. The largest absolute Gasteiger partial charge is 0.497 e. The van der Waals surface area contributed by atoms with Gasteiger partial charge in [-0.2, -0.15) is 0 Å². The molecule has 4 aromatic rings. The molecule has 0 N–H and O–H groups in total. The molecule has 0 radical (unpaired) electrons. The van der Waals surface area contributed by atoms with Gasteiger partial charge in [0.2, 0.25) is 11.9 Å². The van der Waals surface area contributed by atoms with Crippen LogP contribution in [0.3, 0.4) is 0 Å². The van der Waals surface area contributed by atoms with Crippen LogP contribution in [0.2, 0.25) is 0 Å². The zero-order valence-corrected chi connectivity index (χ0v) is 19.8. The van der Waals surface area contributed by atoms with Crippen LogP contribution in [0.25, 0.3) is 11.0 Å². The van der Waals surface area contributed by atoms with Gasteiger partial charge in [0.1, 0.15) is 5.75 Å². The molecule has 1 amide bonds. The lowest BCUT2D eigenvalue weighted by atomic mass is 9.89. The Hall–Kier alpha value is -4.13. The molecule has 0 spiro atoms. The fourth-order valence-electron chi connectivity index (χ4n) is 4.75. The van der Waals surface area contributed by atoms with Crippen molar-refractivity contribution in [2.45, 2.75) is 19.4 Å². The molecular formula is C28H27N3O4. The van der Waals surface area contributed by atoms with E-state index in [-0.39, 0.29) is 12.5 Å². The summed E-state index contributed by atoms with van der Waals surface area (Å²) in [6.45, 7) is 2.34. The molecule has 1 aromatic heterocycles. The average Bonchev–Trinajstić information content (AvgIpc) is 3.27. The summed E-state index contributed by atoms with van der Waals surface area (Å²) in [4.78, 5) is 33.7. The van der Waals surface area contributed by atoms with E-state index in [1.807, 2.05) is 83.4 Å². The smallest absolute Gasteiger partial charge is 0.321 e. The van der Waals surface area contributed by atoms with Crippen LogP contribution in [-0.4, -0.2) is 41.7 Å². The third-order valence-electron chi connectivity index (χ3n) is 6.41. The highest BCUT2D eigenvalue weighted by Gasteiger charge is 2.47. The van der Waals surface area contributed by atoms with Gasteiger partial charge in [-0.05, 0) is 48.7 Å². The molecule has 0 saturated heterocycles. The number of para-hydroxylation sites is 2. The van der Waals surface area contributed by atoms with E-state index in [1.165, 1.54) is 0 Å².